The molecule has 0 aromatic heterocycles. The Morgan fingerprint density at radius 3 is 2.47 bits per heavy atom. The van der Waals surface area contributed by atoms with Gasteiger partial charge < -0.3 is 10.4 Å². The zero-order valence-electron chi connectivity index (χ0n) is 10.4. The molecule has 0 heterocycles. The summed E-state index contributed by atoms with van der Waals surface area (Å²) in [5, 5.41) is 12.6. The Kier molecular flexibility index (Phi) is 5.37. The van der Waals surface area contributed by atoms with Crippen molar-refractivity contribution in [2.24, 2.45) is 5.92 Å². The first-order chi connectivity index (χ1) is 7.95. The number of aliphatic hydroxyl groups excluding tert-OH is 1. The standard InChI is InChI=1S/C13H19ClFNO/c1-8(2)13(7-17)16-9(3)10-4-5-11(14)12(15)6-10/h4-6,8-9,13,16-17H,7H2,1-3H3. The number of aliphatic hydroxyl groups is 1. The molecule has 4 heteroatoms. The van der Waals surface area contributed by atoms with E-state index < -0.39 is 5.82 Å². The lowest BCUT2D eigenvalue weighted by molar-refractivity contribution is 0.201. The normalized spacial score (nSPS) is 15.0. The summed E-state index contributed by atoms with van der Waals surface area (Å²) >= 11 is 5.63. The molecule has 1 aromatic rings. The minimum atomic E-state index is -0.414. The minimum absolute atomic E-state index is 0.00346. The number of halogens is 2. The molecule has 17 heavy (non-hydrogen) atoms. The lowest BCUT2D eigenvalue weighted by Crippen LogP contribution is -2.38. The monoisotopic (exact) mass is 259 g/mol. The van der Waals surface area contributed by atoms with Gasteiger partial charge in [0, 0.05) is 12.1 Å². The SMILES string of the molecule is CC(NC(CO)C(C)C)c1ccc(Cl)c(F)c1. The Bertz CT molecular complexity index is 370. The second kappa shape index (κ2) is 6.34. The number of rotatable bonds is 5. The fourth-order valence-corrected chi connectivity index (χ4v) is 1.77. The second-order valence-corrected chi connectivity index (χ2v) is 5.00. The summed E-state index contributed by atoms with van der Waals surface area (Å²) in [6.07, 6.45) is 0. The van der Waals surface area contributed by atoms with Crippen LogP contribution in [0.1, 0.15) is 32.4 Å². The molecule has 2 unspecified atom stereocenters. The molecule has 2 N–H and O–H groups in total. The molecule has 1 aromatic carbocycles. The fourth-order valence-electron chi connectivity index (χ4n) is 1.66. The smallest absolute Gasteiger partial charge is 0.142 e. The molecule has 0 saturated heterocycles. The predicted octanol–water partition coefficient (Wildman–Crippen LogP) is 3.15. The Balaban J connectivity index is 2.75. The van der Waals surface area contributed by atoms with Crippen LogP contribution < -0.4 is 5.32 Å². The Morgan fingerprint density at radius 1 is 1.35 bits per heavy atom. The quantitative estimate of drug-likeness (QED) is 0.852. The Labute approximate surface area is 107 Å². The first-order valence-electron chi connectivity index (χ1n) is 5.77. The Hall–Kier alpha value is -0.640. The average Bonchev–Trinajstić information content (AvgIpc) is 2.28. The van der Waals surface area contributed by atoms with Gasteiger partial charge in [0.15, 0.2) is 0 Å². The van der Waals surface area contributed by atoms with Gasteiger partial charge in [-0.1, -0.05) is 31.5 Å². The van der Waals surface area contributed by atoms with E-state index in [9.17, 15) is 9.50 Å². The lowest BCUT2D eigenvalue weighted by Gasteiger charge is -2.25. The zero-order chi connectivity index (χ0) is 13.0. The predicted molar refractivity (Wildman–Crippen MR) is 68.7 cm³/mol. The molecule has 96 valence electrons. The van der Waals surface area contributed by atoms with E-state index in [2.05, 4.69) is 5.32 Å². The lowest BCUT2D eigenvalue weighted by atomic mass is 10.0. The molecule has 0 radical (unpaired) electrons. The molecule has 2 nitrogen and oxygen atoms in total. The van der Waals surface area contributed by atoms with Gasteiger partial charge in [0.2, 0.25) is 0 Å². The number of hydrogen-bond acceptors (Lipinski definition) is 2. The van der Waals surface area contributed by atoms with Crippen LogP contribution in [0.3, 0.4) is 0 Å². The van der Waals surface area contributed by atoms with Gasteiger partial charge in [-0.3, -0.25) is 0 Å². The highest BCUT2D eigenvalue weighted by Crippen LogP contribution is 2.21. The summed E-state index contributed by atoms with van der Waals surface area (Å²) in [5.41, 5.74) is 0.825. The number of benzene rings is 1. The maximum absolute atomic E-state index is 13.3. The second-order valence-electron chi connectivity index (χ2n) is 4.59. The van der Waals surface area contributed by atoms with Crippen LogP contribution in [0.25, 0.3) is 0 Å². The molecular weight excluding hydrogens is 241 g/mol. The highest BCUT2D eigenvalue weighted by Gasteiger charge is 2.16. The van der Waals surface area contributed by atoms with Crippen LogP contribution in [-0.2, 0) is 0 Å². The topological polar surface area (TPSA) is 32.3 Å². The molecule has 0 saturated carbocycles. The average molecular weight is 260 g/mol. The van der Waals surface area contributed by atoms with Gasteiger partial charge in [0.05, 0.1) is 11.6 Å². The van der Waals surface area contributed by atoms with Crippen LogP contribution in [0.2, 0.25) is 5.02 Å². The van der Waals surface area contributed by atoms with Crippen LogP contribution in [0.15, 0.2) is 18.2 Å². The van der Waals surface area contributed by atoms with Gasteiger partial charge in [-0.25, -0.2) is 4.39 Å². The van der Waals surface area contributed by atoms with Crippen LogP contribution in [0, 0.1) is 11.7 Å². The molecule has 0 aliphatic rings. The van der Waals surface area contributed by atoms with Crippen LogP contribution in [0.4, 0.5) is 4.39 Å². The summed E-state index contributed by atoms with van der Waals surface area (Å²) in [6.45, 7) is 6.07. The fraction of sp³-hybridized carbons (Fsp3) is 0.538. The molecule has 0 spiro atoms. The van der Waals surface area contributed by atoms with Crippen LogP contribution in [0.5, 0.6) is 0 Å². The summed E-state index contributed by atoms with van der Waals surface area (Å²) in [7, 11) is 0. The van der Waals surface area contributed by atoms with E-state index in [1.165, 1.54) is 6.07 Å². The maximum Gasteiger partial charge on any atom is 0.142 e. The van der Waals surface area contributed by atoms with Crippen molar-refractivity contribution in [3.63, 3.8) is 0 Å². The molecule has 1 rings (SSSR count). The van der Waals surface area contributed by atoms with E-state index in [0.717, 1.165) is 5.56 Å². The van der Waals surface area contributed by atoms with Crippen LogP contribution in [-0.4, -0.2) is 17.8 Å². The first kappa shape index (κ1) is 14.4. The number of nitrogens with one attached hydrogen (secondary N) is 1. The molecule has 0 fully saturated rings. The molecule has 0 amide bonds. The number of hydrogen-bond donors (Lipinski definition) is 2. The highest BCUT2D eigenvalue weighted by molar-refractivity contribution is 6.30. The van der Waals surface area contributed by atoms with Crippen molar-refractivity contribution in [2.75, 3.05) is 6.61 Å². The molecular formula is C13H19ClFNO. The van der Waals surface area contributed by atoms with Gasteiger partial charge in [-0.05, 0) is 30.5 Å². The van der Waals surface area contributed by atoms with Crippen molar-refractivity contribution in [1.29, 1.82) is 0 Å². The van der Waals surface area contributed by atoms with E-state index in [-0.39, 0.29) is 23.7 Å². The van der Waals surface area contributed by atoms with Crippen LogP contribution >= 0.6 is 11.6 Å². The third kappa shape index (κ3) is 3.95. The molecule has 2 atom stereocenters. The van der Waals surface area contributed by atoms with Crippen molar-refractivity contribution < 1.29 is 9.50 Å². The molecule has 0 bridgehead atoms. The van der Waals surface area contributed by atoms with E-state index in [1.54, 1.807) is 12.1 Å². The first-order valence-corrected chi connectivity index (χ1v) is 6.15. The van der Waals surface area contributed by atoms with Gasteiger partial charge in [0.1, 0.15) is 5.82 Å². The minimum Gasteiger partial charge on any atom is -0.395 e. The van der Waals surface area contributed by atoms with E-state index in [4.69, 9.17) is 11.6 Å². The third-order valence-corrected chi connectivity index (χ3v) is 3.22. The highest BCUT2D eigenvalue weighted by atomic mass is 35.5. The van der Waals surface area contributed by atoms with Crippen molar-refractivity contribution in [1.82, 2.24) is 5.32 Å². The summed E-state index contributed by atoms with van der Waals surface area (Å²) in [5.74, 6) is -0.0949. The van der Waals surface area contributed by atoms with Gasteiger partial charge >= 0.3 is 0 Å². The van der Waals surface area contributed by atoms with E-state index >= 15 is 0 Å². The van der Waals surface area contributed by atoms with Crippen molar-refractivity contribution in [3.05, 3.63) is 34.6 Å². The van der Waals surface area contributed by atoms with Gasteiger partial charge in [-0.2, -0.15) is 0 Å². The molecule has 0 aliphatic heterocycles. The third-order valence-electron chi connectivity index (χ3n) is 2.91. The van der Waals surface area contributed by atoms with Crippen molar-refractivity contribution in [2.45, 2.75) is 32.9 Å². The van der Waals surface area contributed by atoms with Gasteiger partial charge in [-0.15, -0.1) is 0 Å². The Morgan fingerprint density at radius 2 is 2.00 bits per heavy atom. The zero-order valence-corrected chi connectivity index (χ0v) is 11.1. The maximum atomic E-state index is 13.3. The molecule has 0 aliphatic carbocycles. The largest absolute Gasteiger partial charge is 0.395 e. The van der Waals surface area contributed by atoms with E-state index in [1.807, 2.05) is 20.8 Å². The van der Waals surface area contributed by atoms with E-state index in [0.29, 0.717) is 5.92 Å². The van der Waals surface area contributed by atoms with Crippen molar-refractivity contribution >= 4 is 11.6 Å². The summed E-state index contributed by atoms with van der Waals surface area (Å²) in [4.78, 5) is 0. The van der Waals surface area contributed by atoms with Gasteiger partial charge in [0.25, 0.3) is 0 Å². The summed E-state index contributed by atoms with van der Waals surface area (Å²) < 4.78 is 13.3. The summed E-state index contributed by atoms with van der Waals surface area (Å²) in [6, 6.07) is 4.74. The van der Waals surface area contributed by atoms with Crippen molar-refractivity contribution in [3.8, 4) is 0 Å².